The number of thiazole rings is 1. The largest absolute Gasteiger partial charge is 0.270 e. The van der Waals surface area contributed by atoms with E-state index in [1.54, 1.807) is 23.1 Å². The van der Waals surface area contributed by atoms with Crippen LogP contribution in [0.25, 0.3) is 0 Å². The molecule has 0 fully saturated rings. The highest BCUT2D eigenvalue weighted by Gasteiger charge is 2.12. The van der Waals surface area contributed by atoms with E-state index in [4.69, 9.17) is 0 Å². The molecule has 1 aromatic rings. The summed E-state index contributed by atoms with van der Waals surface area (Å²) in [7, 11) is 0. The van der Waals surface area contributed by atoms with Gasteiger partial charge in [-0.25, -0.2) is 4.98 Å². The Balaban J connectivity index is 2.93. The smallest absolute Gasteiger partial charge is 0.147 e. The molecule has 0 amide bonds. The highest BCUT2D eigenvalue weighted by atomic mass is 32.2. The summed E-state index contributed by atoms with van der Waals surface area (Å²) >= 11 is 3.29. The molecule has 0 atom stereocenters. The lowest BCUT2D eigenvalue weighted by Gasteiger charge is -2.13. The second kappa shape index (κ2) is 4.24. The minimum absolute atomic E-state index is 0.0238. The van der Waals surface area contributed by atoms with Crippen LogP contribution in [0.3, 0.4) is 0 Å². The van der Waals surface area contributed by atoms with Gasteiger partial charge in [-0.05, 0) is 27.0 Å². The second-order valence-electron chi connectivity index (χ2n) is 3.63. The lowest BCUT2D eigenvalue weighted by atomic mass is 10.1. The highest BCUT2D eigenvalue weighted by Crippen LogP contribution is 2.18. The molecule has 0 unspecified atom stereocenters. The molecule has 0 aliphatic heterocycles. The topological polar surface area (TPSA) is 25.2 Å². The first-order valence-electron chi connectivity index (χ1n) is 4.06. The molecule has 0 aliphatic rings. The average molecular weight is 214 g/mol. The summed E-state index contributed by atoms with van der Waals surface area (Å²) in [5.74, 6) is 0. The van der Waals surface area contributed by atoms with E-state index in [1.807, 2.05) is 17.8 Å². The van der Waals surface area contributed by atoms with Gasteiger partial charge in [-0.3, -0.25) is 4.99 Å². The summed E-state index contributed by atoms with van der Waals surface area (Å²) in [6.07, 6.45) is 3.85. The van der Waals surface area contributed by atoms with E-state index in [0.29, 0.717) is 0 Å². The average Bonchev–Trinajstić information content (AvgIpc) is 2.50. The SMILES string of the molecule is CSC(=NC(C)(C)C)c1nccs1. The molecule has 13 heavy (non-hydrogen) atoms. The van der Waals surface area contributed by atoms with Crippen LogP contribution in [0.2, 0.25) is 0 Å². The third kappa shape index (κ3) is 3.48. The number of thioether (sulfide) groups is 1. The van der Waals surface area contributed by atoms with E-state index >= 15 is 0 Å². The van der Waals surface area contributed by atoms with Crippen molar-refractivity contribution in [3.05, 3.63) is 16.6 Å². The minimum atomic E-state index is -0.0238. The number of rotatable bonds is 1. The maximum absolute atomic E-state index is 4.60. The van der Waals surface area contributed by atoms with Gasteiger partial charge in [-0.2, -0.15) is 0 Å². The molecular weight excluding hydrogens is 200 g/mol. The van der Waals surface area contributed by atoms with Crippen molar-refractivity contribution in [2.24, 2.45) is 4.99 Å². The number of hydrogen-bond donors (Lipinski definition) is 0. The van der Waals surface area contributed by atoms with E-state index in [1.165, 1.54) is 0 Å². The molecule has 0 aromatic carbocycles. The lowest BCUT2D eigenvalue weighted by Crippen LogP contribution is -2.13. The summed E-state index contributed by atoms with van der Waals surface area (Å²) in [4.78, 5) is 8.84. The molecular formula is C9H14N2S2. The molecule has 4 heteroatoms. The van der Waals surface area contributed by atoms with Gasteiger partial charge >= 0.3 is 0 Å². The van der Waals surface area contributed by atoms with Crippen molar-refractivity contribution in [2.45, 2.75) is 26.3 Å². The second-order valence-corrected chi connectivity index (χ2v) is 5.32. The Morgan fingerprint density at radius 1 is 1.54 bits per heavy atom. The molecule has 1 heterocycles. The van der Waals surface area contributed by atoms with Crippen molar-refractivity contribution in [2.75, 3.05) is 6.26 Å². The molecule has 0 aliphatic carbocycles. The molecule has 1 aromatic heterocycles. The molecule has 72 valence electrons. The molecule has 0 saturated carbocycles. The summed E-state index contributed by atoms with van der Waals surface area (Å²) in [5.41, 5.74) is -0.0238. The molecule has 0 bridgehead atoms. The Kier molecular flexibility index (Phi) is 3.50. The first kappa shape index (κ1) is 10.7. The minimum Gasteiger partial charge on any atom is -0.270 e. The fourth-order valence-corrected chi connectivity index (χ4v) is 2.32. The third-order valence-electron chi connectivity index (χ3n) is 1.25. The van der Waals surface area contributed by atoms with Gasteiger partial charge in [-0.15, -0.1) is 23.1 Å². The zero-order valence-electron chi connectivity index (χ0n) is 8.37. The molecule has 0 radical (unpaired) electrons. The summed E-state index contributed by atoms with van der Waals surface area (Å²) in [6, 6.07) is 0. The van der Waals surface area contributed by atoms with Crippen molar-refractivity contribution in [3.63, 3.8) is 0 Å². The van der Waals surface area contributed by atoms with Crippen molar-refractivity contribution in [1.29, 1.82) is 0 Å². The Hall–Kier alpha value is -0.350. The maximum Gasteiger partial charge on any atom is 0.147 e. The summed E-state index contributed by atoms with van der Waals surface area (Å²) < 4.78 is 0. The van der Waals surface area contributed by atoms with Crippen LogP contribution in [0, 0.1) is 0 Å². The van der Waals surface area contributed by atoms with Crippen LogP contribution in [-0.4, -0.2) is 21.8 Å². The standard InChI is InChI=1S/C9H14N2S2/c1-9(2,3)11-8(12-4)7-10-5-6-13-7/h5-6H,1-4H3. The Labute approximate surface area is 87.5 Å². The predicted molar refractivity (Wildman–Crippen MR) is 61.9 cm³/mol. The third-order valence-corrected chi connectivity index (χ3v) is 2.83. The monoisotopic (exact) mass is 214 g/mol. The van der Waals surface area contributed by atoms with Crippen LogP contribution in [0.5, 0.6) is 0 Å². The fraction of sp³-hybridized carbons (Fsp3) is 0.556. The predicted octanol–water partition coefficient (Wildman–Crippen LogP) is 3.05. The Morgan fingerprint density at radius 3 is 2.62 bits per heavy atom. The number of nitrogens with zero attached hydrogens (tertiary/aromatic N) is 2. The van der Waals surface area contributed by atoms with Gasteiger partial charge in [0, 0.05) is 11.6 Å². The van der Waals surface area contributed by atoms with Crippen molar-refractivity contribution in [3.8, 4) is 0 Å². The molecule has 0 N–H and O–H groups in total. The van der Waals surface area contributed by atoms with Gasteiger partial charge in [0.15, 0.2) is 0 Å². The van der Waals surface area contributed by atoms with Gasteiger partial charge in [-0.1, -0.05) is 0 Å². The van der Waals surface area contributed by atoms with Gasteiger partial charge in [0.05, 0.1) is 5.54 Å². The van der Waals surface area contributed by atoms with Crippen molar-refractivity contribution < 1.29 is 0 Å². The van der Waals surface area contributed by atoms with E-state index < -0.39 is 0 Å². The van der Waals surface area contributed by atoms with Gasteiger partial charge in [0.2, 0.25) is 0 Å². The lowest BCUT2D eigenvalue weighted by molar-refractivity contribution is 0.586. The number of hydrogen-bond acceptors (Lipinski definition) is 4. The van der Waals surface area contributed by atoms with Crippen LogP contribution in [0.4, 0.5) is 0 Å². The van der Waals surface area contributed by atoms with E-state index in [-0.39, 0.29) is 5.54 Å². The Bertz CT molecular complexity index is 283. The normalized spacial score (nSPS) is 13.4. The summed E-state index contributed by atoms with van der Waals surface area (Å²) in [6.45, 7) is 6.28. The van der Waals surface area contributed by atoms with Gasteiger partial charge in [0.25, 0.3) is 0 Å². The molecule has 0 spiro atoms. The maximum atomic E-state index is 4.60. The summed E-state index contributed by atoms with van der Waals surface area (Å²) in [5, 5.41) is 4.02. The van der Waals surface area contributed by atoms with Crippen LogP contribution < -0.4 is 0 Å². The van der Waals surface area contributed by atoms with E-state index in [2.05, 4.69) is 30.7 Å². The number of aliphatic imine (C=N–C) groups is 1. The van der Waals surface area contributed by atoms with Gasteiger partial charge < -0.3 is 0 Å². The molecule has 0 saturated heterocycles. The van der Waals surface area contributed by atoms with Gasteiger partial charge in [0.1, 0.15) is 10.1 Å². The highest BCUT2D eigenvalue weighted by molar-refractivity contribution is 8.14. The number of aromatic nitrogens is 1. The van der Waals surface area contributed by atoms with Crippen LogP contribution in [-0.2, 0) is 0 Å². The first-order chi connectivity index (χ1) is 6.03. The van der Waals surface area contributed by atoms with Crippen LogP contribution in [0.15, 0.2) is 16.6 Å². The van der Waals surface area contributed by atoms with Crippen LogP contribution in [0.1, 0.15) is 25.8 Å². The van der Waals surface area contributed by atoms with Crippen molar-refractivity contribution >= 4 is 28.1 Å². The molecule has 1 rings (SSSR count). The quantitative estimate of drug-likeness (QED) is 0.530. The van der Waals surface area contributed by atoms with E-state index in [0.717, 1.165) is 10.1 Å². The van der Waals surface area contributed by atoms with Crippen molar-refractivity contribution in [1.82, 2.24) is 4.98 Å². The van der Waals surface area contributed by atoms with E-state index in [9.17, 15) is 0 Å². The zero-order chi connectivity index (χ0) is 9.90. The first-order valence-corrected chi connectivity index (χ1v) is 6.17. The zero-order valence-corrected chi connectivity index (χ0v) is 10.00. The molecule has 2 nitrogen and oxygen atoms in total. The fourth-order valence-electron chi connectivity index (χ4n) is 0.814. The Morgan fingerprint density at radius 2 is 2.23 bits per heavy atom. The van der Waals surface area contributed by atoms with Crippen LogP contribution >= 0.6 is 23.1 Å².